The van der Waals surface area contributed by atoms with Crippen LogP contribution in [0.3, 0.4) is 0 Å². The summed E-state index contributed by atoms with van der Waals surface area (Å²) in [7, 11) is -3.46. The second-order valence-electron chi connectivity index (χ2n) is 5.55. The van der Waals surface area contributed by atoms with Gasteiger partial charge in [-0.05, 0) is 37.3 Å². The number of piperidine rings is 1. The summed E-state index contributed by atoms with van der Waals surface area (Å²) in [5, 5.41) is 0.439. The standard InChI is InChI=1S/C15H22ClNO3S/c1-3-9-20-15-10-13(6-7-14(15)16)21(18,19)17-8-4-5-12(2)11-17/h6-7,10,12H,3-5,8-9,11H2,1-2H3/t12-/m0/s1. The highest BCUT2D eigenvalue weighted by Gasteiger charge is 2.29. The van der Waals surface area contributed by atoms with Crippen molar-refractivity contribution >= 4 is 21.6 Å². The molecule has 0 N–H and O–H groups in total. The fourth-order valence-corrected chi connectivity index (χ4v) is 4.27. The van der Waals surface area contributed by atoms with Crippen molar-refractivity contribution in [2.45, 2.75) is 38.0 Å². The van der Waals surface area contributed by atoms with Crippen LogP contribution in [-0.2, 0) is 10.0 Å². The molecule has 0 aliphatic carbocycles. The topological polar surface area (TPSA) is 46.6 Å². The predicted octanol–water partition coefficient (Wildman–Crippen LogP) is 3.55. The third-order valence-electron chi connectivity index (χ3n) is 3.62. The molecule has 2 rings (SSSR count). The van der Waals surface area contributed by atoms with Crippen LogP contribution < -0.4 is 4.74 Å². The van der Waals surface area contributed by atoms with Gasteiger partial charge in [-0.2, -0.15) is 4.31 Å². The molecule has 0 aromatic heterocycles. The molecule has 0 amide bonds. The van der Waals surface area contributed by atoms with Crippen molar-refractivity contribution in [1.29, 1.82) is 0 Å². The molecule has 118 valence electrons. The summed E-state index contributed by atoms with van der Waals surface area (Å²) in [6.07, 6.45) is 2.83. The Kier molecular flexibility index (Phi) is 5.52. The number of hydrogen-bond donors (Lipinski definition) is 0. The van der Waals surface area contributed by atoms with Crippen LogP contribution >= 0.6 is 11.6 Å². The molecule has 0 saturated carbocycles. The van der Waals surface area contributed by atoms with Gasteiger partial charge in [0.1, 0.15) is 5.75 Å². The zero-order valence-corrected chi connectivity index (χ0v) is 14.1. The summed E-state index contributed by atoms with van der Waals surface area (Å²) >= 11 is 6.06. The maximum atomic E-state index is 12.7. The minimum atomic E-state index is -3.46. The van der Waals surface area contributed by atoms with Crippen LogP contribution in [0.2, 0.25) is 5.02 Å². The molecular weight excluding hydrogens is 310 g/mol. The zero-order chi connectivity index (χ0) is 15.5. The molecule has 1 aliphatic rings. The molecule has 0 spiro atoms. The molecule has 21 heavy (non-hydrogen) atoms. The molecule has 0 unspecified atom stereocenters. The lowest BCUT2D eigenvalue weighted by Gasteiger charge is -2.30. The Bertz CT molecular complexity index is 589. The van der Waals surface area contributed by atoms with Gasteiger partial charge in [-0.25, -0.2) is 8.42 Å². The van der Waals surface area contributed by atoms with Crippen molar-refractivity contribution in [1.82, 2.24) is 4.31 Å². The average Bonchev–Trinajstić information content (AvgIpc) is 2.46. The van der Waals surface area contributed by atoms with E-state index in [0.29, 0.717) is 36.4 Å². The molecule has 0 radical (unpaired) electrons. The van der Waals surface area contributed by atoms with Gasteiger partial charge in [-0.15, -0.1) is 0 Å². The van der Waals surface area contributed by atoms with Crippen molar-refractivity contribution in [3.05, 3.63) is 23.2 Å². The predicted molar refractivity (Wildman–Crippen MR) is 84.4 cm³/mol. The highest BCUT2D eigenvalue weighted by molar-refractivity contribution is 7.89. The van der Waals surface area contributed by atoms with E-state index >= 15 is 0 Å². The summed E-state index contributed by atoms with van der Waals surface area (Å²) in [4.78, 5) is 0.257. The first-order valence-electron chi connectivity index (χ1n) is 7.37. The summed E-state index contributed by atoms with van der Waals surface area (Å²) < 4.78 is 32.5. The number of ether oxygens (including phenoxy) is 1. The number of rotatable bonds is 5. The van der Waals surface area contributed by atoms with Crippen LogP contribution in [-0.4, -0.2) is 32.4 Å². The van der Waals surface area contributed by atoms with E-state index < -0.39 is 10.0 Å². The molecule has 1 aromatic carbocycles. The van der Waals surface area contributed by atoms with E-state index in [1.165, 1.54) is 6.07 Å². The van der Waals surface area contributed by atoms with E-state index in [4.69, 9.17) is 16.3 Å². The smallest absolute Gasteiger partial charge is 0.243 e. The van der Waals surface area contributed by atoms with Crippen molar-refractivity contribution < 1.29 is 13.2 Å². The van der Waals surface area contributed by atoms with Gasteiger partial charge in [0, 0.05) is 19.2 Å². The number of nitrogens with zero attached hydrogens (tertiary/aromatic N) is 1. The van der Waals surface area contributed by atoms with Gasteiger partial charge in [0.25, 0.3) is 0 Å². The summed E-state index contributed by atoms with van der Waals surface area (Å²) in [6, 6.07) is 4.68. The zero-order valence-electron chi connectivity index (χ0n) is 12.5. The maximum absolute atomic E-state index is 12.7. The first-order chi connectivity index (χ1) is 9.95. The highest BCUT2D eigenvalue weighted by atomic mass is 35.5. The van der Waals surface area contributed by atoms with E-state index in [2.05, 4.69) is 6.92 Å². The van der Waals surface area contributed by atoms with Crippen LogP contribution in [0.25, 0.3) is 0 Å². The number of benzene rings is 1. The second kappa shape index (κ2) is 6.99. The largest absolute Gasteiger partial charge is 0.492 e. The summed E-state index contributed by atoms with van der Waals surface area (Å²) in [5.74, 6) is 0.835. The quantitative estimate of drug-likeness (QED) is 0.829. The first-order valence-corrected chi connectivity index (χ1v) is 9.19. The van der Waals surface area contributed by atoms with E-state index in [1.807, 2.05) is 6.92 Å². The van der Waals surface area contributed by atoms with Gasteiger partial charge in [0.15, 0.2) is 0 Å². The van der Waals surface area contributed by atoms with E-state index in [0.717, 1.165) is 19.3 Å². The minimum Gasteiger partial charge on any atom is -0.492 e. The molecular formula is C15H22ClNO3S. The Morgan fingerprint density at radius 3 is 2.86 bits per heavy atom. The number of halogens is 1. The SMILES string of the molecule is CCCOc1cc(S(=O)(=O)N2CCC[C@H](C)C2)ccc1Cl. The summed E-state index contributed by atoms with van der Waals surface area (Å²) in [5.41, 5.74) is 0. The molecule has 1 fully saturated rings. The van der Waals surface area contributed by atoms with Crippen molar-refractivity contribution in [2.75, 3.05) is 19.7 Å². The molecule has 1 heterocycles. The maximum Gasteiger partial charge on any atom is 0.243 e. The molecule has 6 heteroatoms. The van der Waals surface area contributed by atoms with Crippen LogP contribution in [0.4, 0.5) is 0 Å². The third-order valence-corrected chi connectivity index (χ3v) is 5.80. The molecule has 1 aliphatic heterocycles. The van der Waals surface area contributed by atoms with Gasteiger partial charge in [0.2, 0.25) is 10.0 Å². The first kappa shape index (κ1) is 16.6. The van der Waals surface area contributed by atoms with Gasteiger partial charge < -0.3 is 4.74 Å². The van der Waals surface area contributed by atoms with Gasteiger partial charge in [0.05, 0.1) is 16.5 Å². The van der Waals surface area contributed by atoms with Crippen LogP contribution in [0.15, 0.2) is 23.1 Å². The van der Waals surface area contributed by atoms with Crippen molar-refractivity contribution in [2.24, 2.45) is 5.92 Å². The van der Waals surface area contributed by atoms with Gasteiger partial charge in [-0.1, -0.05) is 25.4 Å². The Morgan fingerprint density at radius 1 is 1.43 bits per heavy atom. The highest BCUT2D eigenvalue weighted by Crippen LogP contribution is 2.30. The second-order valence-corrected chi connectivity index (χ2v) is 7.90. The molecule has 1 atom stereocenters. The van der Waals surface area contributed by atoms with Crippen LogP contribution in [0.5, 0.6) is 5.75 Å². The normalized spacial score (nSPS) is 20.4. The van der Waals surface area contributed by atoms with Gasteiger partial charge >= 0.3 is 0 Å². The molecule has 1 saturated heterocycles. The molecule has 0 bridgehead atoms. The number of hydrogen-bond acceptors (Lipinski definition) is 3. The van der Waals surface area contributed by atoms with Gasteiger partial charge in [-0.3, -0.25) is 0 Å². The van der Waals surface area contributed by atoms with Crippen molar-refractivity contribution in [3.8, 4) is 5.75 Å². The Hall–Kier alpha value is -0.780. The lowest BCUT2D eigenvalue weighted by molar-refractivity contribution is 0.281. The van der Waals surface area contributed by atoms with E-state index in [1.54, 1.807) is 16.4 Å². The lowest BCUT2D eigenvalue weighted by Crippen LogP contribution is -2.39. The Balaban J connectivity index is 2.27. The van der Waals surface area contributed by atoms with Crippen molar-refractivity contribution in [3.63, 3.8) is 0 Å². The van der Waals surface area contributed by atoms with E-state index in [-0.39, 0.29) is 4.90 Å². The van der Waals surface area contributed by atoms with Crippen LogP contribution in [0, 0.1) is 5.92 Å². The molecule has 4 nitrogen and oxygen atoms in total. The monoisotopic (exact) mass is 331 g/mol. The summed E-state index contributed by atoms with van der Waals surface area (Å²) in [6.45, 7) is 5.75. The minimum absolute atomic E-state index is 0.257. The Morgan fingerprint density at radius 2 is 2.19 bits per heavy atom. The fourth-order valence-electron chi connectivity index (χ4n) is 2.48. The van der Waals surface area contributed by atoms with E-state index in [9.17, 15) is 8.42 Å². The van der Waals surface area contributed by atoms with Crippen LogP contribution in [0.1, 0.15) is 33.1 Å². The Labute approximate surface area is 132 Å². The lowest BCUT2D eigenvalue weighted by atomic mass is 10.0. The fraction of sp³-hybridized carbons (Fsp3) is 0.600. The average molecular weight is 332 g/mol. The third kappa shape index (κ3) is 3.90. The molecule has 1 aromatic rings. The number of sulfonamides is 1.